The molecule has 0 amide bonds. The molecule has 5 nitrogen and oxygen atoms in total. The third-order valence-corrected chi connectivity index (χ3v) is 8.08. The van der Waals surface area contributed by atoms with E-state index in [9.17, 15) is 14.3 Å². The van der Waals surface area contributed by atoms with Crippen LogP contribution < -0.4 is 0 Å². The molecule has 3 aliphatic carbocycles. The van der Waals surface area contributed by atoms with Gasteiger partial charge in [0.05, 0.1) is 17.7 Å². The topological polar surface area (TPSA) is 64.3 Å². The number of carbonyl (C=O) groups is 1. The summed E-state index contributed by atoms with van der Waals surface area (Å²) in [6.07, 6.45) is 6.70. The highest BCUT2D eigenvalue weighted by Gasteiger charge is 2.52. The number of nitrogens with zero attached hydrogens (tertiary/aromatic N) is 2. The van der Waals surface area contributed by atoms with Crippen molar-refractivity contribution in [2.75, 3.05) is 6.61 Å². The molecule has 0 radical (unpaired) electrons. The number of carboxylic acid groups (broad SMARTS) is 1. The average molecular weight is 461 g/mol. The number of benzene rings is 1. The summed E-state index contributed by atoms with van der Waals surface area (Å²) in [5.41, 5.74) is -0.0874. The van der Waals surface area contributed by atoms with Crippen LogP contribution in [0.15, 0.2) is 24.3 Å². The van der Waals surface area contributed by atoms with E-state index in [1.165, 1.54) is 37.8 Å². The second-order valence-corrected chi connectivity index (χ2v) is 10.4. The molecule has 3 saturated carbocycles. The van der Waals surface area contributed by atoms with E-state index in [4.69, 9.17) is 21.3 Å². The summed E-state index contributed by atoms with van der Waals surface area (Å²) in [4.78, 5) is 17.3. The van der Waals surface area contributed by atoms with Crippen molar-refractivity contribution in [1.82, 2.24) is 9.55 Å². The maximum Gasteiger partial charge on any atom is 0.314 e. The van der Waals surface area contributed by atoms with E-state index in [-0.39, 0.29) is 5.82 Å². The SMILES string of the molecule is Cc1c(Cl)nc([C@]2(OCC3CC3)CC[C@](C(=O)O)(c3ccc(F)cc3)CC2)n1CC1CC1. The molecule has 2 aromatic rings. The average Bonchev–Trinajstić information content (AvgIpc) is 3.70. The van der Waals surface area contributed by atoms with Gasteiger partial charge in [0, 0.05) is 6.54 Å². The van der Waals surface area contributed by atoms with Gasteiger partial charge in [0.2, 0.25) is 0 Å². The third kappa shape index (κ3) is 3.96. The lowest BCUT2D eigenvalue weighted by Gasteiger charge is -2.44. The first kappa shape index (κ1) is 21.9. The Hall–Kier alpha value is -1.92. The molecule has 1 aromatic heterocycles. The van der Waals surface area contributed by atoms with Crippen LogP contribution in [0.3, 0.4) is 0 Å². The summed E-state index contributed by atoms with van der Waals surface area (Å²) in [5, 5.41) is 10.7. The number of rotatable bonds is 8. The van der Waals surface area contributed by atoms with Gasteiger partial charge in [-0.25, -0.2) is 9.37 Å². The highest BCUT2D eigenvalue weighted by Crippen LogP contribution is 2.51. The van der Waals surface area contributed by atoms with Crippen LogP contribution in [-0.2, 0) is 27.1 Å². The van der Waals surface area contributed by atoms with E-state index >= 15 is 0 Å². The monoisotopic (exact) mass is 460 g/mol. The Labute approximate surface area is 192 Å². The minimum absolute atomic E-state index is 0.362. The van der Waals surface area contributed by atoms with Crippen LogP contribution in [0.4, 0.5) is 4.39 Å². The van der Waals surface area contributed by atoms with Gasteiger partial charge in [0.15, 0.2) is 0 Å². The highest BCUT2D eigenvalue weighted by atomic mass is 35.5. The van der Waals surface area contributed by atoms with E-state index in [1.54, 1.807) is 12.1 Å². The molecule has 0 spiro atoms. The normalized spacial score (nSPS) is 28.1. The van der Waals surface area contributed by atoms with Crippen molar-refractivity contribution in [2.24, 2.45) is 11.8 Å². The van der Waals surface area contributed by atoms with Gasteiger partial charge in [0.25, 0.3) is 0 Å². The van der Waals surface area contributed by atoms with Crippen molar-refractivity contribution in [1.29, 1.82) is 0 Å². The van der Waals surface area contributed by atoms with Crippen LogP contribution in [0, 0.1) is 24.6 Å². The number of imidazole rings is 1. The molecule has 3 aliphatic rings. The fourth-order valence-electron chi connectivity index (χ4n) is 5.10. The van der Waals surface area contributed by atoms with Gasteiger partial charge in [0.1, 0.15) is 22.4 Å². The number of carboxylic acids is 1. The molecule has 172 valence electrons. The standard InChI is InChI=1S/C25H30ClFN2O3/c1-16-21(26)28-22(29(16)14-17-2-3-17)25(32-15-18-4-5-18)12-10-24(11-13-25,23(30)31)19-6-8-20(27)9-7-19/h6-9,17-18H,2-5,10-15H2,1H3,(H,30,31)/t24-,25+. The van der Waals surface area contributed by atoms with Gasteiger partial charge >= 0.3 is 5.97 Å². The largest absolute Gasteiger partial charge is 0.481 e. The molecule has 5 rings (SSSR count). The van der Waals surface area contributed by atoms with E-state index in [1.807, 2.05) is 6.92 Å². The Morgan fingerprint density at radius 3 is 2.34 bits per heavy atom. The molecule has 0 aliphatic heterocycles. The molecule has 1 aromatic carbocycles. The van der Waals surface area contributed by atoms with Crippen molar-refractivity contribution in [2.45, 2.75) is 75.9 Å². The molecule has 7 heteroatoms. The molecular weight excluding hydrogens is 431 g/mol. The van der Waals surface area contributed by atoms with E-state index in [0.29, 0.717) is 54.8 Å². The fraction of sp³-hybridized carbons (Fsp3) is 0.600. The Morgan fingerprint density at radius 2 is 1.78 bits per heavy atom. The zero-order valence-corrected chi connectivity index (χ0v) is 19.2. The Balaban J connectivity index is 1.49. The number of hydrogen-bond acceptors (Lipinski definition) is 3. The van der Waals surface area contributed by atoms with Gasteiger partial charge in [-0.05, 0) is 87.8 Å². The molecule has 32 heavy (non-hydrogen) atoms. The van der Waals surface area contributed by atoms with Crippen LogP contribution >= 0.6 is 11.6 Å². The summed E-state index contributed by atoms with van der Waals surface area (Å²) in [5.74, 6) is 0.859. The van der Waals surface area contributed by atoms with Gasteiger partial charge in [-0.2, -0.15) is 0 Å². The maximum atomic E-state index is 13.5. The molecule has 0 bridgehead atoms. The summed E-state index contributed by atoms with van der Waals surface area (Å²) in [7, 11) is 0. The van der Waals surface area contributed by atoms with Gasteiger partial charge in [-0.3, -0.25) is 4.79 Å². The van der Waals surface area contributed by atoms with Crippen LogP contribution in [0.25, 0.3) is 0 Å². The minimum Gasteiger partial charge on any atom is -0.481 e. The summed E-state index contributed by atoms with van der Waals surface area (Å²) in [6.45, 7) is 3.56. The first-order chi connectivity index (χ1) is 15.3. The first-order valence-corrected chi connectivity index (χ1v) is 12.1. The Morgan fingerprint density at radius 1 is 1.16 bits per heavy atom. The maximum absolute atomic E-state index is 13.5. The third-order valence-electron chi connectivity index (χ3n) is 7.72. The second-order valence-electron chi connectivity index (χ2n) is 10.0. The lowest BCUT2D eigenvalue weighted by molar-refractivity contribution is -0.151. The summed E-state index contributed by atoms with van der Waals surface area (Å²) < 4.78 is 22.4. The molecule has 1 N–H and O–H groups in total. The van der Waals surface area contributed by atoms with Crippen molar-refractivity contribution >= 4 is 17.6 Å². The number of ether oxygens (including phenoxy) is 1. The van der Waals surface area contributed by atoms with Crippen molar-refractivity contribution in [3.05, 3.63) is 52.3 Å². The molecule has 1 heterocycles. The molecule has 0 unspecified atom stereocenters. The van der Waals surface area contributed by atoms with Crippen molar-refractivity contribution in [3.63, 3.8) is 0 Å². The number of hydrogen-bond donors (Lipinski definition) is 1. The Kier molecular flexibility index (Phi) is 5.57. The first-order valence-electron chi connectivity index (χ1n) is 11.7. The lowest BCUT2D eigenvalue weighted by atomic mass is 9.65. The van der Waals surface area contributed by atoms with Crippen LogP contribution in [0.2, 0.25) is 5.15 Å². The molecule has 0 atom stereocenters. The van der Waals surface area contributed by atoms with Crippen LogP contribution in [0.1, 0.15) is 68.4 Å². The zero-order chi connectivity index (χ0) is 22.5. The number of halogens is 2. The van der Waals surface area contributed by atoms with E-state index in [2.05, 4.69) is 4.57 Å². The van der Waals surface area contributed by atoms with E-state index < -0.39 is 17.0 Å². The molecule has 0 saturated heterocycles. The zero-order valence-electron chi connectivity index (χ0n) is 18.4. The predicted octanol–water partition coefficient (Wildman–Crippen LogP) is 5.61. The summed E-state index contributed by atoms with van der Waals surface area (Å²) >= 11 is 6.49. The summed E-state index contributed by atoms with van der Waals surface area (Å²) in [6, 6.07) is 5.90. The predicted molar refractivity (Wildman–Crippen MR) is 119 cm³/mol. The van der Waals surface area contributed by atoms with Gasteiger partial charge in [-0.1, -0.05) is 23.7 Å². The minimum atomic E-state index is -1.05. The number of aromatic nitrogens is 2. The van der Waals surface area contributed by atoms with E-state index in [0.717, 1.165) is 18.1 Å². The molecular formula is C25H30ClFN2O3. The van der Waals surface area contributed by atoms with Crippen molar-refractivity contribution in [3.8, 4) is 0 Å². The van der Waals surface area contributed by atoms with Gasteiger partial charge in [-0.15, -0.1) is 0 Å². The highest BCUT2D eigenvalue weighted by molar-refractivity contribution is 6.30. The van der Waals surface area contributed by atoms with Crippen molar-refractivity contribution < 1.29 is 19.0 Å². The lowest BCUT2D eigenvalue weighted by Crippen LogP contribution is -2.47. The van der Waals surface area contributed by atoms with Crippen LogP contribution in [0.5, 0.6) is 0 Å². The smallest absolute Gasteiger partial charge is 0.314 e. The number of aliphatic carboxylic acids is 1. The Bertz CT molecular complexity index is 1000. The fourth-order valence-corrected chi connectivity index (χ4v) is 5.29. The second kappa shape index (κ2) is 8.14. The van der Waals surface area contributed by atoms with Crippen LogP contribution in [-0.4, -0.2) is 27.2 Å². The van der Waals surface area contributed by atoms with Gasteiger partial charge < -0.3 is 14.4 Å². The quantitative estimate of drug-likeness (QED) is 0.555. The molecule has 3 fully saturated rings.